The average molecular weight is 182 g/mol. The van der Waals surface area contributed by atoms with Crippen LogP contribution in [0.1, 0.15) is 0 Å². The van der Waals surface area contributed by atoms with Crippen molar-refractivity contribution < 1.29 is 5.11 Å². The van der Waals surface area contributed by atoms with Crippen LogP contribution in [0, 0.1) is 0 Å². The van der Waals surface area contributed by atoms with E-state index in [4.69, 9.17) is 0 Å². The summed E-state index contributed by atoms with van der Waals surface area (Å²) in [7, 11) is 0. The molecule has 0 aliphatic heterocycles. The van der Waals surface area contributed by atoms with Crippen LogP contribution < -0.4 is 0 Å². The summed E-state index contributed by atoms with van der Waals surface area (Å²) in [6.07, 6.45) is 0. The van der Waals surface area contributed by atoms with Gasteiger partial charge in [-0.2, -0.15) is 0 Å². The number of nitrogens with one attached hydrogen (secondary N) is 1. The second-order valence-corrected chi connectivity index (χ2v) is 3.38. The SMILES string of the molecule is [O]c1ccc2c(c1)[nH]c1ccccc12. The molecule has 0 saturated carbocycles. The van der Waals surface area contributed by atoms with Gasteiger partial charge in [0.05, 0.1) is 5.52 Å². The molecule has 0 aliphatic carbocycles. The topological polar surface area (TPSA) is 35.7 Å². The molecule has 0 fully saturated rings. The van der Waals surface area contributed by atoms with Crippen molar-refractivity contribution >= 4 is 21.8 Å². The number of aromatic amines is 1. The van der Waals surface area contributed by atoms with Crippen LogP contribution in [0.2, 0.25) is 0 Å². The Labute approximate surface area is 80.8 Å². The van der Waals surface area contributed by atoms with Crippen molar-refractivity contribution in [2.45, 2.75) is 0 Å². The number of para-hydroxylation sites is 1. The summed E-state index contributed by atoms with van der Waals surface area (Å²) in [6, 6.07) is 13.2. The van der Waals surface area contributed by atoms with E-state index in [9.17, 15) is 5.11 Å². The lowest BCUT2D eigenvalue weighted by molar-refractivity contribution is 0.355. The Kier molecular flexibility index (Phi) is 1.34. The lowest BCUT2D eigenvalue weighted by Crippen LogP contribution is -1.65. The van der Waals surface area contributed by atoms with Crippen LogP contribution in [0.25, 0.3) is 21.8 Å². The molecule has 1 N–H and O–H groups in total. The predicted octanol–water partition coefficient (Wildman–Crippen LogP) is 3.46. The normalized spacial score (nSPS) is 11.1. The molecule has 2 aromatic carbocycles. The highest BCUT2D eigenvalue weighted by Gasteiger charge is 2.03. The minimum absolute atomic E-state index is 0.0454. The van der Waals surface area contributed by atoms with E-state index in [-0.39, 0.29) is 5.75 Å². The van der Waals surface area contributed by atoms with Gasteiger partial charge in [0, 0.05) is 22.4 Å². The van der Waals surface area contributed by atoms with Crippen molar-refractivity contribution in [2.75, 3.05) is 0 Å². The summed E-state index contributed by atoms with van der Waals surface area (Å²) in [5.74, 6) is 0.0454. The third-order valence-electron chi connectivity index (χ3n) is 2.48. The fraction of sp³-hybridized carbons (Fsp3) is 0. The number of hydrogen-bond donors (Lipinski definition) is 1. The van der Waals surface area contributed by atoms with Gasteiger partial charge in [-0.1, -0.05) is 18.2 Å². The molecule has 3 aromatic rings. The van der Waals surface area contributed by atoms with Gasteiger partial charge in [-0.05, 0) is 18.2 Å². The molecular formula is C12H8NO. The van der Waals surface area contributed by atoms with Gasteiger partial charge < -0.3 is 4.98 Å². The van der Waals surface area contributed by atoms with Gasteiger partial charge in [0.25, 0.3) is 0 Å². The van der Waals surface area contributed by atoms with Crippen LogP contribution in [-0.4, -0.2) is 4.98 Å². The van der Waals surface area contributed by atoms with Crippen molar-refractivity contribution in [2.24, 2.45) is 0 Å². The van der Waals surface area contributed by atoms with Gasteiger partial charge in [0.15, 0.2) is 5.75 Å². The quantitative estimate of drug-likeness (QED) is 0.552. The molecule has 14 heavy (non-hydrogen) atoms. The first kappa shape index (κ1) is 7.44. The van der Waals surface area contributed by atoms with E-state index in [2.05, 4.69) is 11.1 Å². The Morgan fingerprint density at radius 2 is 1.64 bits per heavy atom. The van der Waals surface area contributed by atoms with Crippen LogP contribution in [0.5, 0.6) is 5.75 Å². The van der Waals surface area contributed by atoms with E-state index >= 15 is 0 Å². The number of benzene rings is 2. The van der Waals surface area contributed by atoms with Crippen LogP contribution >= 0.6 is 0 Å². The summed E-state index contributed by atoms with van der Waals surface area (Å²) < 4.78 is 0. The molecule has 2 nitrogen and oxygen atoms in total. The van der Waals surface area contributed by atoms with Gasteiger partial charge in [-0.25, -0.2) is 0 Å². The molecule has 0 spiro atoms. The van der Waals surface area contributed by atoms with E-state index in [0.717, 1.165) is 16.4 Å². The summed E-state index contributed by atoms with van der Waals surface area (Å²) in [5, 5.41) is 13.4. The van der Waals surface area contributed by atoms with E-state index in [0.29, 0.717) is 0 Å². The number of rotatable bonds is 0. The molecule has 3 rings (SSSR count). The largest absolute Gasteiger partial charge is 0.354 e. The second-order valence-electron chi connectivity index (χ2n) is 3.38. The van der Waals surface area contributed by atoms with Gasteiger partial charge >= 0.3 is 0 Å². The Morgan fingerprint density at radius 1 is 0.857 bits per heavy atom. The number of hydrogen-bond acceptors (Lipinski definition) is 0. The van der Waals surface area contributed by atoms with Gasteiger partial charge in [-0.15, -0.1) is 0 Å². The summed E-state index contributed by atoms with van der Waals surface area (Å²) in [5.41, 5.74) is 1.99. The van der Waals surface area contributed by atoms with Gasteiger partial charge in [-0.3, -0.25) is 5.11 Å². The maximum atomic E-state index is 11.1. The monoisotopic (exact) mass is 182 g/mol. The number of fused-ring (bicyclic) bond motifs is 3. The first-order valence-electron chi connectivity index (χ1n) is 4.52. The molecule has 0 aliphatic rings. The molecule has 0 unspecified atom stereocenters. The zero-order valence-corrected chi connectivity index (χ0v) is 7.45. The van der Waals surface area contributed by atoms with Crippen LogP contribution in [0.3, 0.4) is 0 Å². The number of aromatic nitrogens is 1. The summed E-state index contributed by atoms with van der Waals surface area (Å²) in [6.45, 7) is 0. The van der Waals surface area contributed by atoms with Crippen molar-refractivity contribution in [1.82, 2.24) is 4.98 Å². The smallest absolute Gasteiger partial charge is 0.180 e. The maximum Gasteiger partial charge on any atom is 0.180 e. The highest BCUT2D eigenvalue weighted by atomic mass is 16.3. The van der Waals surface area contributed by atoms with Crippen molar-refractivity contribution in [1.29, 1.82) is 0 Å². The van der Waals surface area contributed by atoms with E-state index in [1.807, 2.05) is 24.3 Å². The van der Waals surface area contributed by atoms with Gasteiger partial charge in [0.1, 0.15) is 0 Å². The molecular weight excluding hydrogens is 174 g/mol. The Morgan fingerprint density at radius 3 is 2.57 bits per heavy atom. The zero-order valence-electron chi connectivity index (χ0n) is 7.45. The second kappa shape index (κ2) is 2.51. The molecule has 0 bridgehead atoms. The van der Waals surface area contributed by atoms with Crippen molar-refractivity contribution in [3.63, 3.8) is 0 Å². The molecule has 0 amide bonds. The molecule has 0 atom stereocenters. The number of H-pyrrole nitrogens is 1. The van der Waals surface area contributed by atoms with Crippen molar-refractivity contribution in [3.8, 4) is 5.75 Å². The minimum Gasteiger partial charge on any atom is -0.354 e. The molecule has 1 aromatic heterocycles. The highest BCUT2D eigenvalue weighted by Crippen LogP contribution is 2.27. The molecule has 1 radical (unpaired) electrons. The Bertz CT molecular complexity index is 610. The maximum absolute atomic E-state index is 11.1. The van der Waals surface area contributed by atoms with E-state index in [1.54, 1.807) is 12.1 Å². The molecule has 2 heteroatoms. The fourth-order valence-electron chi connectivity index (χ4n) is 1.83. The third kappa shape index (κ3) is 0.909. The minimum atomic E-state index is 0.0454. The Balaban J connectivity index is 2.57. The van der Waals surface area contributed by atoms with Crippen LogP contribution in [0.15, 0.2) is 42.5 Å². The summed E-state index contributed by atoms with van der Waals surface area (Å²) >= 11 is 0. The molecule has 67 valence electrons. The summed E-state index contributed by atoms with van der Waals surface area (Å²) in [4.78, 5) is 3.22. The van der Waals surface area contributed by atoms with Crippen LogP contribution in [-0.2, 0) is 5.11 Å². The Hall–Kier alpha value is -1.96. The van der Waals surface area contributed by atoms with E-state index < -0.39 is 0 Å². The fourth-order valence-corrected chi connectivity index (χ4v) is 1.83. The first-order chi connectivity index (χ1) is 6.84. The zero-order chi connectivity index (χ0) is 9.54. The lowest BCUT2D eigenvalue weighted by atomic mass is 10.1. The highest BCUT2D eigenvalue weighted by molar-refractivity contribution is 6.07. The van der Waals surface area contributed by atoms with Crippen LogP contribution in [0.4, 0.5) is 0 Å². The van der Waals surface area contributed by atoms with E-state index in [1.165, 1.54) is 5.39 Å². The lowest BCUT2D eigenvalue weighted by Gasteiger charge is -1.89. The van der Waals surface area contributed by atoms with Gasteiger partial charge in [0.2, 0.25) is 0 Å². The molecule has 1 heterocycles. The standard InChI is InChI=1S/C12H8NO/c14-8-5-6-10-9-3-1-2-4-11(9)13-12(10)7-8/h1-7,13H. The predicted molar refractivity (Wildman–Crippen MR) is 55.9 cm³/mol. The van der Waals surface area contributed by atoms with Crippen molar-refractivity contribution in [3.05, 3.63) is 42.5 Å². The first-order valence-corrected chi connectivity index (χ1v) is 4.52. The average Bonchev–Trinajstić information content (AvgIpc) is 2.54. The third-order valence-corrected chi connectivity index (χ3v) is 2.48. The molecule has 0 saturated heterocycles.